The lowest BCUT2D eigenvalue weighted by molar-refractivity contribution is 0.197. The fourth-order valence-corrected chi connectivity index (χ4v) is 4.93. The normalized spacial score (nSPS) is 18.6. The van der Waals surface area contributed by atoms with E-state index >= 15 is 0 Å². The molecule has 0 spiro atoms. The summed E-state index contributed by atoms with van der Waals surface area (Å²) >= 11 is 12.0. The minimum atomic E-state index is -3.67. The third-order valence-electron chi connectivity index (χ3n) is 3.76. The van der Waals surface area contributed by atoms with E-state index in [9.17, 15) is 8.42 Å². The molecule has 2 rings (SSSR count). The van der Waals surface area contributed by atoms with Crippen LogP contribution >= 0.6 is 23.2 Å². The van der Waals surface area contributed by atoms with Gasteiger partial charge in [0.2, 0.25) is 10.0 Å². The van der Waals surface area contributed by atoms with Gasteiger partial charge >= 0.3 is 0 Å². The molecule has 1 aliphatic heterocycles. The van der Waals surface area contributed by atoms with Crippen molar-refractivity contribution >= 4 is 33.2 Å². The molecule has 0 radical (unpaired) electrons. The van der Waals surface area contributed by atoms with Crippen LogP contribution in [0.25, 0.3) is 0 Å². The van der Waals surface area contributed by atoms with Crippen LogP contribution in [-0.2, 0) is 10.0 Å². The molecular weight excluding hydrogens is 319 g/mol. The molecule has 1 fully saturated rings. The number of rotatable bonds is 3. The molecular formula is C13H18Cl2N2O2S. The molecule has 7 heteroatoms. The van der Waals surface area contributed by atoms with E-state index in [-0.39, 0.29) is 21.0 Å². The van der Waals surface area contributed by atoms with Gasteiger partial charge in [-0.2, -0.15) is 4.31 Å². The third-order valence-corrected chi connectivity index (χ3v) is 6.62. The first-order chi connectivity index (χ1) is 9.34. The van der Waals surface area contributed by atoms with Gasteiger partial charge in [-0.15, -0.1) is 0 Å². The maximum Gasteiger partial charge on any atom is 0.246 e. The first-order valence-corrected chi connectivity index (χ1v) is 8.64. The van der Waals surface area contributed by atoms with Crippen molar-refractivity contribution in [1.29, 1.82) is 0 Å². The van der Waals surface area contributed by atoms with Crippen molar-refractivity contribution in [3.05, 3.63) is 28.2 Å². The Balaban J connectivity index is 2.30. The molecule has 0 aromatic heterocycles. The SMILES string of the molecule is CN1CCC(N(C)S(=O)(=O)c2c(Cl)cccc2Cl)CC1. The highest BCUT2D eigenvalue weighted by molar-refractivity contribution is 7.89. The van der Waals surface area contributed by atoms with Crippen molar-refractivity contribution in [1.82, 2.24) is 9.21 Å². The first-order valence-electron chi connectivity index (χ1n) is 6.44. The summed E-state index contributed by atoms with van der Waals surface area (Å²) in [5.41, 5.74) is 0. The average Bonchev–Trinajstić information content (AvgIpc) is 2.38. The largest absolute Gasteiger partial charge is 0.306 e. The van der Waals surface area contributed by atoms with Crippen LogP contribution in [0.2, 0.25) is 10.0 Å². The van der Waals surface area contributed by atoms with E-state index in [1.807, 2.05) is 7.05 Å². The number of hydrogen-bond donors (Lipinski definition) is 0. The van der Waals surface area contributed by atoms with Crippen LogP contribution in [0.5, 0.6) is 0 Å². The number of piperidine rings is 1. The Hall–Kier alpha value is -0.330. The number of hydrogen-bond acceptors (Lipinski definition) is 3. The highest BCUT2D eigenvalue weighted by atomic mass is 35.5. The Morgan fingerprint density at radius 1 is 1.20 bits per heavy atom. The minimum Gasteiger partial charge on any atom is -0.306 e. The summed E-state index contributed by atoms with van der Waals surface area (Å²) in [6, 6.07) is 4.72. The van der Waals surface area contributed by atoms with Crippen molar-refractivity contribution in [3.63, 3.8) is 0 Å². The van der Waals surface area contributed by atoms with Gasteiger partial charge in [-0.25, -0.2) is 8.42 Å². The number of benzene rings is 1. The van der Waals surface area contributed by atoms with Crippen LogP contribution in [0.1, 0.15) is 12.8 Å². The van der Waals surface area contributed by atoms with Crippen molar-refractivity contribution in [3.8, 4) is 0 Å². The standard InChI is InChI=1S/C13H18Cl2N2O2S/c1-16-8-6-10(7-9-16)17(2)20(18,19)13-11(14)4-3-5-12(13)15/h3-5,10H,6-9H2,1-2H3. The van der Waals surface area contributed by atoms with Gasteiger partial charge in [-0.1, -0.05) is 29.3 Å². The number of halogens is 2. The van der Waals surface area contributed by atoms with Gasteiger partial charge in [-0.3, -0.25) is 0 Å². The third kappa shape index (κ3) is 3.12. The second-order valence-corrected chi connectivity index (χ2v) is 7.86. The molecule has 20 heavy (non-hydrogen) atoms. The van der Waals surface area contributed by atoms with Gasteiger partial charge < -0.3 is 4.90 Å². The molecule has 1 aromatic rings. The van der Waals surface area contributed by atoms with Gasteiger partial charge in [0.05, 0.1) is 10.0 Å². The quantitative estimate of drug-likeness (QED) is 0.852. The Morgan fingerprint density at radius 3 is 2.20 bits per heavy atom. The second-order valence-electron chi connectivity index (χ2n) is 5.11. The summed E-state index contributed by atoms with van der Waals surface area (Å²) in [6.45, 7) is 1.78. The maximum atomic E-state index is 12.7. The van der Waals surface area contributed by atoms with E-state index in [0.717, 1.165) is 25.9 Å². The topological polar surface area (TPSA) is 40.6 Å². The van der Waals surface area contributed by atoms with E-state index in [0.29, 0.717) is 0 Å². The lowest BCUT2D eigenvalue weighted by Crippen LogP contribution is -2.44. The Kier molecular flexibility index (Phi) is 4.97. The highest BCUT2D eigenvalue weighted by Gasteiger charge is 2.32. The lowest BCUT2D eigenvalue weighted by Gasteiger charge is -2.34. The van der Waals surface area contributed by atoms with Crippen LogP contribution in [0.4, 0.5) is 0 Å². The second kappa shape index (κ2) is 6.20. The summed E-state index contributed by atoms with van der Waals surface area (Å²) in [7, 11) is -0.0270. The van der Waals surface area contributed by atoms with Gasteiger partial charge in [0.15, 0.2) is 0 Å². The van der Waals surface area contributed by atoms with Crippen LogP contribution in [0.15, 0.2) is 23.1 Å². The highest BCUT2D eigenvalue weighted by Crippen LogP contribution is 2.32. The van der Waals surface area contributed by atoms with Crippen molar-refractivity contribution in [2.45, 2.75) is 23.8 Å². The minimum absolute atomic E-state index is 0.00441. The molecule has 4 nitrogen and oxygen atoms in total. The van der Waals surface area contributed by atoms with Gasteiger partial charge in [0.25, 0.3) is 0 Å². The Labute approximate surface area is 130 Å². The zero-order chi connectivity index (χ0) is 14.9. The Morgan fingerprint density at radius 2 is 1.70 bits per heavy atom. The molecule has 1 saturated heterocycles. The van der Waals surface area contributed by atoms with Crippen LogP contribution in [0.3, 0.4) is 0 Å². The average molecular weight is 337 g/mol. The molecule has 0 N–H and O–H groups in total. The van der Waals surface area contributed by atoms with Crippen molar-refractivity contribution < 1.29 is 8.42 Å². The molecule has 0 bridgehead atoms. The van der Waals surface area contributed by atoms with Crippen LogP contribution in [0, 0.1) is 0 Å². The molecule has 1 aliphatic rings. The molecule has 0 aliphatic carbocycles. The monoisotopic (exact) mass is 336 g/mol. The molecule has 112 valence electrons. The molecule has 1 heterocycles. The van der Waals surface area contributed by atoms with Crippen molar-refractivity contribution in [2.75, 3.05) is 27.2 Å². The zero-order valence-corrected chi connectivity index (χ0v) is 13.8. The van der Waals surface area contributed by atoms with Gasteiger partial charge in [0.1, 0.15) is 4.90 Å². The molecule has 0 unspecified atom stereocenters. The van der Waals surface area contributed by atoms with Crippen LogP contribution in [-0.4, -0.2) is 50.8 Å². The van der Waals surface area contributed by atoms with E-state index < -0.39 is 10.0 Å². The summed E-state index contributed by atoms with van der Waals surface area (Å²) in [5.74, 6) is 0. The molecule has 0 amide bonds. The van der Waals surface area contributed by atoms with Gasteiger partial charge in [0, 0.05) is 13.1 Å². The lowest BCUT2D eigenvalue weighted by atomic mass is 10.1. The fourth-order valence-electron chi connectivity index (χ4n) is 2.43. The summed E-state index contributed by atoms with van der Waals surface area (Å²) in [6.07, 6.45) is 1.63. The first kappa shape index (κ1) is 16.0. The van der Waals surface area contributed by atoms with E-state index in [2.05, 4.69) is 4.90 Å². The Bertz CT molecular complexity index is 564. The summed E-state index contributed by atoms with van der Waals surface area (Å²) in [5, 5.41) is 0.328. The molecule has 0 atom stereocenters. The summed E-state index contributed by atoms with van der Waals surface area (Å²) in [4.78, 5) is 2.20. The zero-order valence-electron chi connectivity index (χ0n) is 11.5. The number of nitrogens with zero attached hydrogens (tertiary/aromatic N) is 2. The predicted molar refractivity (Wildman–Crippen MR) is 81.9 cm³/mol. The van der Waals surface area contributed by atoms with Crippen LogP contribution < -0.4 is 0 Å². The molecule has 1 aromatic carbocycles. The van der Waals surface area contributed by atoms with Gasteiger partial charge in [-0.05, 0) is 45.1 Å². The fraction of sp³-hybridized carbons (Fsp3) is 0.538. The van der Waals surface area contributed by atoms with Crippen molar-refractivity contribution in [2.24, 2.45) is 0 Å². The van der Waals surface area contributed by atoms with E-state index in [1.54, 1.807) is 25.2 Å². The number of likely N-dealkylation sites (tertiary alicyclic amines) is 1. The number of sulfonamides is 1. The molecule has 0 saturated carbocycles. The maximum absolute atomic E-state index is 12.7. The van der Waals surface area contributed by atoms with E-state index in [1.165, 1.54) is 4.31 Å². The predicted octanol–water partition coefficient (Wildman–Crippen LogP) is 2.71. The van der Waals surface area contributed by atoms with E-state index in [4.69, 9.17) is 23.2 Å². The summed E-state index contributed by atoms with van der Waals surface area (Å²) < 4.78 is 26.8. The smallest absolute Gasteiger partial charge is 0.246 e.